The van der Waals surface area contributed by atoms with Gasteiger partial charge in [0.15, 0.2) is 0 Å². The summed E-state index contributed by atoms with van der Waals surface area (Å²) in [7, 11) is 3.28. The zero-order chi connectivity index (χ0) is 19.1. The van der Waals surface area contributed by atoms with Gasteiger partial charge in [-0.3, -0.25) is 0 Å². The van der Waals surface area contributed by atoms with Gasteiger partial charge in [0, 0.05) is 0 Å². The first-order valence-corrected chi connectivity index (χ1v) is 8.92. The number of terminal acetylenes is 2. The Morgan fingerprint density at radius 3 is 1.42 bits per heavy atom. The van der Waals surface area contributed by atoms with Crippen molar-refractivity contribution >= 4 is 0 Å². The monoisotopic (exact) mass is 346 g/mol. The van der Waals surface area contributed by atoms with Crippen LogP contribution in [0.3, 0.4) is 0 Å². The summed E-state index contributed by atoms with van der Waals surface area (Å²) in [6.45, 7) is 4.41. The van der Waals surface area contributed by atoms with Crippen molar-refractivity contribution < 1.29 is 9.47 Å². The molecule has 2 heteroatoms. The maximum Gasteiger partial charge on any atom is 0.134 e. The fourth-order valence-electron chi connectivity index (χ4n) is 3.64. The largest absolute Gasteiger partial charge is 0.495 e. The molecule has 0 bridgehead atoms. The highest BCUT2D eigenvalue weighted by Gasteiger charge is 2.23. The van der Waals surface area contributed by atoms with Gasteiger partial charge in [-0.05, 0) is 60.1 Å². The van der Waals surface area contributed by atoms with E-state index >= 15 is 0 Å². The van der Waals surface area contributed by atoms with E-state index in [1.165, 1.54) is 11.1 Å². The number of benzene rings is 2. The van der Waals surface area contributed by atoms with Crippen molar-refractivity contribution in [2.75, 3.05) is 14.2 Å². The van der Waals surface area contributed by atoms with Gasteiger partial charge in [-0.1, -0.05) is 37.8 Å². The lowest BCUT2D eigenvalue weighted by Gasteiger charge is -2.27. The molecule has 0 fully saturated rings. The maximum atomic E-state index is 5.66. The average Bonchev–Trinajstić information content (AvgIpc) is 2.70. The molecule has 0 aromatic heterocycles. The third-order valence-electron chi connectivity index (χ3n) is 4.98. The van der Waals surface area contributed by atoms with Gasteiger partial charge in [-0.25, -0.2) is 0 Å². The molecular weight excluding hydrogens is 320 g/mol. The van der Waals surface area contributed by atoms with E-state index in [9.17, 15) is 0 Å². The summed E-state index contributed by atoms with van der Waals surface area (Å²) < 4.78 is 10.7. The van der Waals surface area contributed by atoms with Gasteiger partial charge >= 0.3 is 0 Å². The van der Waals surface area contributed by atoms with E-state index < -0.39 is 0 Å². The minimum atomic E-state index is 0.344. The zero-order valence-electron chi connectivity index (χ0n) is 16.0. The lowest BCUT2D eigenvalue weighted by molar-refractivity contribution is 0.412. The first kappa shape index (κ1) is 19.5. The Hall–Kier alpha value is -2.84. The van der Waals surface area contributed by atoms with E-state index in [1.807, 2.05) is 12.1 Å². The molecule has 0 saturated heterocycles. The quantitative estimate of drug-likeness (QED) is 0.629. The van der Waals surface area contributed by atoms with Crippen LogP contribution in [0.25, 0.3) is 0 Å². The highest BCUT2D eigenvalue weighted by atomic mass is 16.5. The smallest absolute Gasteiger partial charge is 0.134 e. The SMILES string of the molecule is C#Cc1cc(C(CC)C(CC)c2ccc(OC)c(C#C)c2)ccc1OC. The first-order chi connectivity index (χ1) is 12.6. The molecule has 0 aliphatic carbocycles. The van der Waals surface area contributed by atoms with Crippen LogP contribution in [-0.4, -0.2) is 14.2 Å². The highest BCUT2D eigenvalue weighted by molar-refractivity contribution is 5.50. The average molecular weight is 346 g/mol. The summed E-state index contributed by atoms with van der Waals surface area (Å²) in [5, 5.41) is 0. The Balaban J connectivity index is 2.47. The molecule has 2 rings (SSSR count). The Morgan fingerprint density at radius 1 is 0.769 bits per heavy atom. The Kier molecular flexibility index (Phi) is 6.76. The van der Waals surface area contributed by atoms with Crippen LogP contribution in [0.2, 0.25) is 0 Å². The van der Waals surface area contributed by atoms with Crippen LogP contribution >= 0.6 is 0 Å². The summed E-state index contributed by atoms with van der Waals surface area (Å²) in [6, 6.07) is 12.3. The van der Waals surface area contributed by atoms with Crippen molar-refractivity contribution in [2.45, 2.75) is 38.5 Å². The van der Waals surface area contributed by atoms with E-state index in [0.29, 0.717) is 11.8 Å². The van der Waals surface area contributed by atoms with E-state index in [4.69, 9.17) is 22.3 Å². The van der Waals surface area contributed by atoms with Gasteiger partial charge in [-0.2, -0.15) is 0 Å². The molecule has 2 aromatic rings. The molecule has 2 aromatic carbocycles. The van der Waals surface area contributed by atoms with Gasteiger partial charge in [-0.15, -0.1) is 12.8 Å². The minimum Gasteiger partial charge on any atom is -0.495 e. The number of hydrogen-bond donors (Lipinski definition) is 0. The first-order valence-electron chi connectivity index (χ1n) is 8.92. The fourth-order valence-corrected chi connectivity index (χ4v) is 3.64. The Labute approximate surface area is 157 Å². The lowest BCUT2D eigenvalue weighted by Crippen LogP contribution is -2.11. The van der Waals surface area contributed by atoms with Crippen LogP contribution < -0.4 is 9.47 Å². The highest BCUT2D eigenvalue weighted by Crippen LogP contribution is 2.40. The summed E-state index contributed by atoms with van der Waals surface area (Å²) >= 11 is 0. The van der Waals surface area contributed by atoms with Crippen molar-refractivity contribution in [3.63, 3.8) is 0 Å². The molecule has 2 nitrogen and oxygen atoms in total. The molecule has 134 valence electrons. The predicted octanol–water partition coefficient (Wildman–Crippen LogP) is 5.35. The van der Waals surface area contributed by atoms with Crippen LogP contribution in [0.15, 0.2) is 36.4 Å². The Bertz CT molecular complexity index is 765. The van der Waals surface area contributed by atoms with Crippen LogP contribution in [0.5, 0.6) is 11.5 Å². The van der Waals surface area contributed by atoms with Crippen molar-refractivity contribution in [2.24, 2.45) is 0 Å². The number of methoxy groups -OCH3 is 2. The molecule has 0 N–H and O–H groups in total. The summed E-state index contributed by atoms with van der Waals surface area (Å²) in [5.74, 6) is 7.61. The van der Waals surface area contributed by atoms with E-state index in [-0.39, 0.29) is 0 Å². The number of rotatable bonds is 7. The van der Waals surface area contributed by atoms with Gasteiger partial charge in [0.1, 0.15) is 11.5 Å². The van der Waals surface area contributed by atoms with Gasteiger partial charge in [0.25, 0.3) is 0 Å². The molecule has 0 heterocycles. The third-order valence-corrected chi connectivity index (χ3v) is 4.98. The number of hydrogen-bond acceptors (Lipinski definition) is 2. The maximum absolute atomic E-state index is 5.66. The van der Waals surface area contributed by atoms with Gasteiger partial charge in [0.05, 0.1) is 25.3 Å². The topological polar surface area (TPSA) is 18.5 Å². The lowest BCUT2D eigenvalue weighted by atomic mass is 9.77. The second kappa shape index (κ2) is 9.02. The molecule has 0 amide bonds. The summed E-state index contributed by atoms with van der Waals surface area (Å²) in [6.07, 6.45) is 13.3. The van der Waals surface area contributed by atoms with Crippen LogP contribution in [-0.2, 0) is 0 Å². The van der Waals surface area contributed by atoms with Crippen molar-refractivity contribution in [1.82, 2.24) is 0 Å². The van der Waals surface area contributed by atoms with Gasteiger partial charge in [0.2, 0.25) is 0 Å². The second-order valence-electron chi connectivity index (χ2n) is 6.24. The van der Waals surface area contributed by atoms with E-state index in [1.54, 1.807) is 14.2 Å². The molecular formula is C24H26O2. The minimum absolute atomic E-state index is 0.344. The standard InChI is InChI=1S/C24H26O2/c1-7-17-15-19(11-13-23(17)25-5)21(9-3)22(10-4)20-12-14-24(26-6)18(8-2)16-20/h1-2,11-16,21-22H,9-10H2,3-6H3. The van der Waals surface area contributed by atoms with Crippen LogP contribution in [0.1, 0.15) is 60.8 Å². The molecule has 0 aliphatic heterocycles. The molecule has 0 spiro atoms. The van der Waals surface area contributed by atoms with Crippen LogP contribution in [0.4, 0.5) is 0 Å². The van der Waals surface area contributed by atoms with E-state index in [0.717, 1.165) is 35.5 Å². The fraction of sp³-hybridized carbons (Fsp3) is 0.333. The Morgan fingerprint density at radius 2 is 1.15 bits per heavy atom. The molecule has 0 aliphatic rings. The van der Waals surface area contributed by atoms with E-state index in [2.05, 4.69) is 50.0 Å². The molecule has 26 heavy (non-hydrogen) atoms. The molecule has 0 saturated carbocycles. The van der Waals surface area contributed by atoms with Crippen LogP contribution in [0, 0.1) is 24.7 Å². The number of ether oxygens (including phenoxy) is 2. The van der Waals surface area contributed by atoms with Crippen molar-refractivity contribution in [3.05, 3.63) is 58.7 Å². The van der Waals surface area contributed by atoms with Crippen molar-refractivity contribution in [3.8, 4) is 36.2 Å². The van der Waals surface area contributed by atoms with Crippen molar-refractivity contribution in [1.29, 1.82) is 0 Å². The molecule has 2 atom stereocenters. The van der Waals surface area contributed by atoms with Gasteiger partial charge < -0.3 is 9.47 Å². The normalized spacial score (nSPS) is 12.5. The second-order valence-corrected chi connectivity index (χ2v) is 6.24. The zero-order valence-corrected chi connectivity index (χ0v) is 16.0. The summed E-state index contributed by atoms with van der Waals surface area (Å²) in [5.41, 5.74) is 4.03. The predicted molar refractivity (Wildman–Crippen MR) is 108 cm³/mol. The molecule has 2 unspecified atom stereocenters. The summed E-state index contributed by atoms with van der Waals surface area (Å²) in [4.78, 5) is 0. The molecule has 0 radical (unpaired) electrons. The third kappa shape index (κ3) is 3.87.